The third kappa shape index (κ3) is 2.28. The Balaban J connectivity index is 2.28. The first-order chi connectivity index (χ1) is 8.50. The molecule has 1 N–H and O–H groups in total. The van der Waals surface area contributed by atoms with Crippen LogP contribution in [0, 0.1) is 19.7 Å². The van der Waals surface area contributed by atoms with Crippen molar-refractivity contribution < 1.29 is 13.7 Å². The van der Waals surface area contributed by atoms with Gasteiger partial charge in [-0.15, -0.1) is 0 Å². The number of amides is 1. The first-order valence-corrected chi connectivity index (χ1v) is 5.98. The van der Waals surface area contributed by atoms with Crippen LogP contribution in [-0.4, -0.2) is 11.1 Å². The summed E-state index contributed by atoms with van der Waals surface area (Å²) >= 11 is 3.03. The average molecular weight is 313 g/mol. The number of nitrogens with one attached hydrogen (secondary N) is 1. The predicted molar refractivity (Wildman–Crippen MR) is 68.0 cm³/mol. The Morgan fingerprint density at radius 2 is 2.17 bits per heavy atom. The van der Waals surface area contributed by atoms with Gasteiger partial charge in [0.1, 0.15) is 5.82 Å². The van der Waals surface area contributed by atoms with Gasteiger partial charge in [-0.25, -0.2) is 4.39 Å². The van der Waals surface area contributed by atoms with Gasteiger partial charge in [-0.2, -0.15) is 0 Å². The van der Waals surface area contributed by atoms with Gasteiger partial charge in [-0.05, 0) is 41.9 Å². The summed E-state index contributed by atoms with van der Waals surface area (Å²) in [5.74, 6) is -0.950. The molecule has 0 saturated heterocycles. The third-order valence-electron chi connectivity index (χ3n) is 2.58. The number of hydrogen-bond acceptors (Lipinski definition) is 3. The minimum atomic E-state index is -0.608. The van der Waals surface area contributed by atoms with Gasteiger partial charge in [0.25, 0.3) is 5.91 Å². The molecule has 0 radical (unpaired) electrons. The van der Waals surface area contributed by atoms with E-state index < -0.39 is 11.7 Å². The highest BCUT2D eigenvalue weighted by atomic mass is 79.9. The van der Waals surface area contributed by atoms with Gasteiger partial charge in [0.15, 0.2) is 0 Å². The van der Waals surface area contributed by atoms with Crippen molar-refractivity contribution >= 4 is 27.7 Å². The van der Waals surface area contributed by atoms with Crippen LogP contribution < -0.4 is 5.32 Å². The molecule has 1 aromatic carbocycles. The Morgan fingerprint density at radius 1 is 1.44 bits per heavy atom. The number of anilines is 1. The second kappa shape index (κ2) is 4.89. The van der Waals surface area contributed by atoms with Gasteiger partial charge in [-0.1, -0.05) is 11.2 Å². The third-order valence-corrected chi connectivity index (χ3v) is 3.19. The Morgan fingerprint density at radius 3 is 2.78 bits per heavy atom. The molecule has 0 unspecified atom stereocenters. The quantitative estimate of drug-likeness (QED) is 0.924. The fraction of sp³-hybridized carbons (Fsp3) is 0.167. The van der Waals surface area contributed by atoms with E-state index in [-0.39, 0.29) is 15.9 Å². The van der Waals surface area contributed by atoms with Gasteiger partial charge in [0.2, 0.25) is 5.88 Å². The van der Waals surface area contributed by atoms with Crippen molar-refractivity contribution in [2.75, 3.05) is 5.32 Å². The van der Waals surface area contributed by atoms with E-state index in [2.05, 4.69) is 26.4 Å². The van der Waals surface area contributed by atoms with E-state index in [9.17, 15) is 9.18 Å². The maximum atomic E-state index is 13.7. The van der Waals surface area contributed by atoms with Crippen LogP contribution in [0.25, 0.3) is 0 Å². The Labute approximate surface area is 111 Å². The predicted octanol–water partition coefficient (Wildman–Crippen LogP) is 3.45. The van der Waals surface area contributed by atoms with Gasteiger partial charge >= 0.3 is 0 Å². The standard InChI is InChI=1S/C12H10BrFN2O2/c1-6-7(2)16-18-12(6)15-11(17)8-4-3-5-9(13)10(8)14/h3-5H,1-2H3,(H,15,17). The zero-order chi connectivity index (χ0) is 13.3. The molecule has 1 heterocycles. The molecule has 0 spiro atoms. The van der Waals surface area contributed by atoms with E-state index in [4.69, 9.17) is 4.52 Å². The summed E-state index contributed by atoms with van der Waals surface area (Å²) in [7, 11) is 0. The molecule has 0 aliphatic heterocycles. The van der Waals surface area contributed by atoms with Crippen molar-refractivity contribution in [2.24, 2.45) is 0 Å². The molecular weight excluding hydrogens is 303 g/mol. The maximum absolute atomic E-state index is 13.7. The topological polar surface area (TPSA) is 55.1 Å². The zero-order valence-electron chi connectivity index (χ0n) is 9.75. The van der Waals surface area contributed by atoms with Crippen molar-refractivity contribution in [2.45, 2.75) is 13.8 Å². The molecule has 0 bridgehead atoms. The molecule has 0 aliphatic carbocycles. The van der Waals surface area contributed by atoms with Crippen molar-refractivity contribution in [1.82, 2.24) is 5.16 Å². The minimum absolute atomic E-state index is 0.0576. The largest absolute Gasteiger partial charge is 0.338 e. The van der Waals surface area contributed by atoms with E-state index in [0.29, 0.717) is 5.69 Å². The lowest BCUT2D eigenvalue weighted by atomic mass is 10.2. The number of aryl methyl sites for hydroxylation is 1. The molecular formula is C12H10BrFN2O2. The normalized spacial score (nSPS) is 10.4. The smallest absolute Gasteiger partial charge is 0.261 e. The van der Waals surface area contributed by atoms with Crippen molar-refractivity contribution in [3.05, 3.63) is 45.3 Å². The van der Waals surface area contributed by atoms with Crippen LogP contribution >= 0.6 is 15.9 Å². The molecule has 4 nitrogen and oxygen atoms in total. The fourth-order valence-corrected chi connectivity index (χ4v) is 1.75. The van der Waals surface area contributed by atoms with Crippen LogP contribution in [-0.2, 0) is 0 Å². The lowest BCUT2D eigenvalue weighted by Crippen LogP contribution is -2.14. The molecule has 18 heavy (non-hydrogen) atoms. The van der Waals surface area contributed by atoms with E-state index in [1.54, 1.807) is 19.9 Å². The highest BCUT2D eigenvalue weighted by Crippen LogP contribution is 2.22. The summed E-state index contributed by atoms with van der Waals surface area (Å²) in [6, 6.07) is 4.50. The highest BCUT2D eigenvalue weighted by Gasteiger charge is 2.17. The molecule has 1 aromatic heterocycles. The average Bonchev–Trinajstić information content (AvgIpc) is 2.64. The van der Waals surface area contributed by atoms with Crippen molar-refractivity contribution in [3.63, 3.8) is 0 Å². The summed E-state index contributed by atoms with van der Waals surface area (Å²) < 4.78 is 18.9. The summed E-state index contributed by atoms with van der Waals surface area (Å²) in [6.07, 6.45) is 0. The summed E-state index contributed by atoms with van der Waals surface area (Å²) in [6.45, 7) is 3.52. The summed E-state index contributed by atoms with van der Waals surface area (Å²) in [5, 5.41) is 6.20. The second-order valence-electron chi connectivity index (χ2n) is 3.78. The second-order valence-corrected chi connectivity index (χ2v) is 4.63. The van der Waals surface area contributed by atoms with Crippen LogP contribution in [0.5, 0.6) is 0 Å². The van der Waals surface area contributed by atoms with E-state index >= 15 is 0 Å². The minimum Gasteiger partial charge on any atom is -0.338 e. The number of nitrogens with zero attached hydrogens (tertiary/aromatic N) is 1. The Hall–Kier alpha value is -1.69. The molecule has 1 amide bonds. The van der Waals surface area contributed by atoms with E-state index in [0.717, 1.165) is 5.56 Å². The van der Waals surface area contributed by atoms with Crippen LogP contribution in [0.3, 0.4) is 0 Å². The van der Waals surface area contributed by atoms with Crippen molar-refractivity contribution in [3.8, 4) is 0 Å². The zero-order valence-corrected chi connectivity index (χ0v) is 11.3. The summed E-state index contributed by atoms with van der Waals surface area (Å²) in [5.41, 5.74) is 1.34. The first-order valence-electron chi connectivity index (χ1n) is 5.19. The van der Waals surface area contributed by atoms with Crippen LogP contribution in [0.2, 0.25) is 0 Å². The van der Waals surface area contributed by atoms with Gasteiger partial charge < -0.3 is 4.52 Å². The van der Waals surface area contributed by atoms with Gasteiger partial charge in [-0.3, -0.25) is 10.1 Å². The Bertz CT molecular complexity index is 610. The molecule has 0 fully saturated rings. The number of carbonyl (C=O) groups excluding carboxylic acids is 1. The molecule has 2 rings (SSSR count). The number of aromatic nitrogens is 1. The van der Waals surface area contributed by atoms with Crippen LogP contribution in [0.4, 0.5) is 10.3 Å². The number of carbonyl (C=O) groups is 1. The number of rotatable bonds is 2. The molecule has 0 atom stereocenters. The molecule has 6 heteroatoms. The highest BCUT2D eigenvalue weighted by molar-refractivity contribution is 9.10. The van der Waals surface area contributed by atoms with Gasteiger partial charge in [0.05, 0.1) is 15.7 Å². The number of hydrogen-bond donors (Lipinski definition) is 1. The summed E-state index contributed by atoms with van der Waals surface area (Å²) in [4.78, 5) is 11.9. The van der Waals surface area contributed by atoms with Crippen molar-refractivity contribution in [1.29, 1.82) is 0 Å². The van der Waals surface area contributed by atoms with E-state index in [1.807, 2.05) is 0 Å². The molecule has 0 aliphatic rings. The van der Waals surface area contributed by atoms with Gasteiger partial charge in [0, 0.05) is 5.56 Å². The lowest BCUT2D eigenvalue weighted by molar-refractivity contribution is 0.101. The van der Waals surface area contributed by atoms with E-state index in [1.165, 1.54) is 12.1 Å². The van der Waals surface area contributed by atoms with Crippen LogP contribution in [0.1, 0.15) is 21.6 Å². The first kappa shape index (κ1) is 12.8. The Kier molecular flexibility index (Phi) is 3.47. The number of halogens is 2. The van der Waals surface area contributed by atoms with Crippen LogP contribution in [0.15, 0.2) is 27.2 Å². The monoisotopic (exact) mass is 312 g/mol. The SMILES string of the molecule is Cc1noc(NC(=O)c2cccc(Br)c2F)c1C. The maximum Gasteiger partial charge on any atom is 0.261 e. The number of benzene rings is 1. The molecule has 2 aromatic rings. The lowest BCUT2D eigenvalue weighted by Gasteiger charge is -2.04. The molecule has 0 saturated carbocycles. The fourth-order valence-electron chi connectivity index (χ4n) is 1.38. The molecule has 94 valence electrons.